The van der Waals surface area contributed by atoms with E-state index in [2.05, 4.69) is 5.32 Å². The molecule has 0 unspecified atom stereocenters. The lowest BCUT2D eigenvalue weighted by Crippen LogP contribution is -2.26. The molecule has 0 bridgehead atoms. The van der Waals surface area contributed by atoms with Gasteiger partial charge < -0.3 is 11.1 Å². The summed E-state index contributed by atoms with van der Waals surface area (Å²) in [6, 6.07) is 8.80. The third-order valence-electron chi connectivity index (χ3n) is 2.58. The molecule has 3 N–H and O–H groups in total. The number of nitrogen functional groups attached to an aromatic ring is 1. The molecule has 18 heavy (non-hydrogen) atoms. The van der Waals surface area contributed by atoms with Crippen LogP contribution in [0, 0.1) is 0 Å². The molecule has 0 aliphatic heterocycles. The molecular weight excluding hydrogens is 268 g/mol. The smallest absolute Gasteiger partial charge is 0.251 e. The van der Waals surface area contributed by atoms with E-state index in [-0.39, 0.29) is 11.9 Å². The fourth-order valence-corrected chi connectivity index (χ4v) is 2.43. The number of nitrogens with one attached hydrogen (secondary N) is 1. The minimum Gasteiger partial charge on any atom is -0.398 e. The first kappa shape index (κ1) is 12.9. The van der Waals surface area contributed by atoms with Gasteiger partial charge in [-0.05, 0) is 36.6 Å². The van der Waals surface area contributed by atoms with Gasteiger partial charge in [-0.3, -0.25) is 4.79 Å². The Morgan fingerprint density at radius 1 is 1.44 bits per heavy atom. The molecule has 1 aromatic heterocycles. The summed E-state index contributed by atoms with van der Waals surface area (Å²) in [6.07, 6.45) is 0. The minimum atomic E-state index is -0.153. The third-order valence-corrected chi connectivity index (χ3v) is 3.97. The minimum absolute atomic E-state index is 0.0191. The summed E-state index contributed by atoms with van der Waals surface area (Å²) >= 11 is 7.43. The Hall–Kier alpha value is -1.52. The molecule has 0 aliphatic carbocycles. The van der Waals surface area contributed by atoms with Crippen LogP contribution in [0.4, 0.5) is 5.69 Å². The zero-order chi connectivity index (χ0) is 13.1. The summed E-state index contributed by atoms with van der Waals surface area (Å²) in [7, 11) is 0. The topological polar surface area (TPSA) is 55.1 Å². The predicted octanol–water partition coefficient (Wildman–Crippen LogP) is 3.47. The standard InChI is InChI=1S/C13H13ClN2OS/c1-8(12-3-2-6-18-12)16-13(17)9-4-5-10(14)11(15)7-9/h2-8H,15H2,1H3,(H,16,17)/t8-/m0/s1. The van der Waals surface area contributed by atoms with Gasteiger partial charge in [0.2, 0.25) is 0 Å². The van der Waals surface area contributed by atoms with E-state index in [1.165, 1.54) is 0 Å². The lowest BCUT2D eigenvalue weighted by Gasteiger charge is -2.12. The third kappa shape index (κ3) is 2.83. The van der Waals surface area contributed by atoms with Crippen LogP contribution in [-0.4, -0.2) is 5.91 Å². The van der Waals surface area contributed by atoms with Crippen LogP contribution in [-0.2, 0) is 0 Å². The van der Waals surface area contributed by atoms with E-state index in [4.69, 9.17) is 17.3 Å². The number of halogens is 1. The highest BCUT2D eigenvalue weighted by molar-refractivity contribution is 7.10. The first-order valence-corrected chi connectivity index (χ1v) is 6.73. The summed E-state index contributed by atoms with van der Waals surface area (Å²) in [5, 5.41) is 5.36. The summed E-state index contributed by atoms with van der Waals surface area (Å²) in [5.74, 6) is -0.153. The molecule has 1 aromatic carbocycles. The van der Waals surface area contributed by atoms with Gasteiger partial charge in [-0.2, -0.15) is 0 Å². The van der Waals surface area contributed by atoms with Crippen LogP contribution in [0.3, 0.4) is 0 Å². The Morgan fingerprint density at radius 3 is 2.83 bits per heavy atom. The van der Waals surface area contributed by atoms with Crippen molar-refractivity contribution in [2.24, 2.45) is 0 Å². The number of anilines is 1. The zero-order valence-electron chi connectivity index (χ0n) is 9.81. The second-order valence-electron chi connectivity index (χ2n) is 3.95. The Morgan fingerprint density at radius 2 is 2.22 bits per heavy atom. The van der Waals surface area contributed by atoms with Crippen LogP contribution in [0.15, 0.2) is 35.7 Å². The van der Waals surface area contributed by atoms with Crippen molar-refractivity contribution in [2.75, 3.05) is 5.73 Å². The number of benzene rings is 1. The van der Waals surface area contributed by atoms with E-state index >= 15 is 0 Å². The monoisotopic (exact) mass is 280 g/mol. The van der Waals surface area contributed by atoms with Gasteiger partial charge in [-0.15, -0.1) is 11.3 Å². The molecule has 0 fully saturated rings. The van der Waals surface area contributed by atoms with E-state index in [0.29, 0.717) is 16.3 Å². The molecule has 1 heterocycles. The fourth-order valence-electron chi connectivity index (χ4n) is 1.57. The van der Waals surface area contributed by atoms with Gasteiger partial charge in [0.05, 0.1) is 16.8 Å². The number of hydrogen-bond acceptors (Lipinski definition) is 3. The number of rotatable bonds is 3. The zero-order valence-corrected chi connectivity index (χ0v) is 11.4. The van der Waals surface area contributed by atoms with Gasteiger partial charge in [-0.1, -0.05) is 17.7 Å². The molecule has 0 radical (unpaired) electrons. The highest BCUT2D eigenvalue weighted by Gasteiger charge is 2.12. The van der Waals surface area contributed by atoms with Gasteiger partial charge in [0.1, 0.15) is 0 Å². The molecule has 94 valence electrons. The van der Waals surface area contributed by atoms with Crippen LogP contribution >= 0.6 is 22.9 Å². The van der Waals surface area contributed by atoms with Crippen molar-refractivity contribution in [1.82, 2.24) is 5.32 Å². The molecule has 0 saturated carbocycles. The van der Waals surface area contributed by atoms with Crippen molar-refractivity contribution in [3.63, 3.8) is 0 Å². The van der Waals surface area contributed by atoms with Crippen LogP contribution in [0.1, 0.15) is 28.2 Å². The van der Waals surface area contributed by atoms with E-state index in [0.717, 1.165) is 4.88 Å². The summed E-state index contributed by atoms with van der Waals surface area (Å²) < 4.78 is 0. The molecule has 0 aliphatic rings. The first-order chi connectivity index (χ1) is 8.58. The van der Waals surface area contributed by atoms with E-state index < -0.39 is 0 Å². The molecule has 2 rings (SSSR count). The number of thiophene rings is 1. The fraction of sp³-hybridized carbons (Fsp3) is 0.154. The molecule has 0 spiro atoms. The van der Waals surface area contributed by atoms with Gasteiger partial charge in [0.15, 0.2) is 0 Å². The van der Waals surface area contributed by atoms with Crippen molar-refractivity contribution in [3.05, 3.63) is 51.2 Å². The molecule has 1 amide bonds. The number of carbonyl (C=O) groups is 1. The van der Waals surface area contributed by atoms with Gasteiger partial charge in [0, 0.05) is 10.4 Å². The maximum Gasteiger partial charge on any atom is 0.251 e. The highest BCUT2D eigenvalue weighted by Crippen LogP contribution is 2.21. The highest BCUT2D eigenvalue weighted by atomic mass is 35.5. The predicted molar refractivity (Wildman–Crippen MR) is 76.1 cm³/mol. The molecule has 5 heteroatoms. The summed E-state index contributed by atoms with van der Waals surface area (Å²) in [6.45, 7) is 1.95. The Balaban J connectivity index is 2.10. The number of hydrogen-bond donors (Lipinski definition) is 2. The van der Waals surface area contributed by atoms with Crippen LogP contribution in [0.5, 0.6) is 0 Å². The van der Waals surface area contributed by atoms with Crippen LogP contribution < -0.4 is 11.1 Å². The summed E-state index contributed by atoms with van der Waals surface area (Å²) in [4.78, 5) is 13.1. The normalized spacial score (nSPS) is 12.1. The van der Waals surface area contributed by atoms with Crippen LogP contribution in [0.25, 0.3) is 0 Å². The van der Waals surface area contributed by atoms with Crippen molar-refractivity contribution in [2.45, 2.75) is 13.0 Å². The molecule has 3 nitrogen and oxygen atoms in total. The quantitative estimate of drug-likeness (QED) is 0.846. The average Bonchev–Trinajstić information content (AvgIpc) is 2.86. The SMILES string of the molecule is C[C@H](NC(=O)c1ccc(Cl)c(N)c1)c1cccs1. The Bertz CT molecular complexity index is 554. The maximum absolute atomic E-state index is 12.0. The summed E-state index contributed by atoms with van der Waals surface area (Å²) in [5.41, 5.74) is 6.60. The van der Waals surface area contributed by atoms with Gasteiger partial charge in [0.25, 0.3) is 5.91 Å². The van der Waals surface area contributed by atoms with Gasteiger partial charge >= 0.3 is 0 Å². The molecule has 1 atom stereocenters. The molecule has 2 aromatic rings. The molecule has 0 saturated heterocycles. The number of amides is 1. The van der Waals surface area contributed by atoms with Crippen LogP contribution in [0.2, 0.25) is 5.02 Å². The average molecular weight is 281 g/mol. The Labute approximate surface area is 115 Å². The largest absolute Gasteiger partial charge is 0.398 e. The van der Waals surface area contributed by atoms with Crippen molar-refractivity contribution in [3.8, 4) is 0 Å². The van der Waals surface area contributed by atoms with Crippen molar-refractivity contribution in [1.29, 1.82) is 0 Å². The maximum atomic E-state index is 12.0. The lowest BCUT2D eigenvalue weighted by molar-refractivity contribution is 0.0940. The number of nitrogens with two attached hydrogens (primary N) is 1. The Kier molecular flexibility index (Phi) is 3.89. The lowest BCUT2D eigenvalue weighted by atomic mass is 10.1. The number of carbonyl (C=O) groups excluding carboxylic acids is 1. The first-order valence-electron chi connectivity index (χ1n) is 5.47. The second-order valence-corrected chi connectivity index (χ2v) is 5.33. The van der Waals surface area contributed by atoms with E-state index in [1.807, 2.05) is 24.4 Å². The van der Waals surface area contributed by atoms with Gasteiger partial charge in [-0.25, -0.2) is 0 Å². The van der Waals surface area contributed by atoms with E-state index in [9.17, 15) is 4.79 Å². The molecular formula is C13H13ClN2OS. The second kappa shape index (κ2) is 5.42. The van der Waals surface area contributed by atoms with Crippen molar-refractivity contribution >= 4 is 34.5 Å². The van der Waals surface area contributed by atoms with Crippen molar-refractivity contribution < 1.29 is 4.79 Å². The van der Waals surface area contributed by atoms with E-state index in [1.54, 1.807) is 29.5 Å².